The minimum Gasteiger partial charge on any atom is -0.384 e. The molecule has 4 rings (SSSR count). The lowest BCUT2D eigenvalue weighted by molar-refractivity contribution is 0.0899. The van der Waals surface area contributed by atoms with Crippen molar-refractivity contribution in [2.24, 2.45) is 0 Å². The molecule has 0 aliphatic rings. The third-order valence-electron chi connectivity index (χ3n) is 5.45. The number of hydrogen-bond acceptors (Lipinski definition) is 6. The average molecular weight is 461 g/mol. The van der Waals surface area contributed by atoms with Crippen molar-refractivity contribution in [1.29, 1.82) is 0 Å². The van der Waals surface area contributed by atoms with E-state index in [0.717, 1.165) is 40.6 Å². The molecule has 3 N–H and O–H groups in total. The highest BCUT2D eigenvalue weighted by atomic mass is 28.3. The molecule has 33 heavy (non-hydrogen) atoms. The van der Waals surface area contributed by atoms with Gasteiger partial charge in [-0.2, -0.15) is 0 Å². The highest BCUT2D eigenvalue weighted by Gasteiger charge is 2.19. The molecule has 0 bridgehead atoms. The molecule has 0 amide bonds. The molecule has 8 heteroatoms. The van der Waals surface area contributed by atoms with Gasteiger partial charge in [0.25, 0.3) is 0 Å². The van der Waals surface area contributed by atoms with Crippen LogP contribution in [-0.4, -0.2) is 34.2 Å². The molecule has 7 nitrogen and oxygen atoms in total. The van der Waals surface area contributed by atoms with Crippen LogP contribution < -0.4 is 11.1 Å². The Bertz CT molecular complexity index is 1230. The number of nitrogens with two attached hydrogens (primary N) is 1. The van der Waals surface area contributed by atoms with Gasteiger partial charge in [-0.25, -0.2) is 15.0 Å². The van der Waals surface area contributed by atoms with Crippen LogP contribution in [0.2, 0.25) is 25.7 Å². The quantitative estimate of drug-likeness (QED) is 0.260. The van der Waals surface area contributed by atoms with E-state index in [1.165, 1.54) is 5.56 Å². The Morgan fingerprint density at radius 1 is 1.09 bits per heavy atom. The van der Waals surface area contributed by atoms with E-state index in [4.69, 9.17) is 20.4 Å². The molecule has 0 saturated carbocycles. The first kappa shape index (κ1) is 22.9. The number of pyridine rings is 1. The number of ether oxygens (including phenoxy) is 1. The summed E-state index contributed by atoms with van der Waals surface area (Å²) >= 11 is 0. The lowest BCUT2D eigenvalue weighted by Crippen LogP contribution is -2.22. The van der Waals surface area contributed by atoms with Crippen molar-refractivity contribution in [3.05, 3.63) is 66.2 Å². The van der Waals surface area contributed by atoms with E-state index in [1.54, 1.807) is 6.20 Å². The fraction of sp³-hybridized carbons (Fsp3) is 0.320. The molecule has 4 aromatic rings. The second kappa shape index (κ2) is 9.72. The van der Waals surface area contributed by atoms with E-state index < -0.39 is 8.07 Å². The topological polar surface area (TPSA) is 90.9 Å². The molecule has 0 unspecified atom stereocenters. The van der Waals surface area contributed by atoms with Crippen molar-refractivity contribution in [2.75, 3.05) is 17.7 Å². The van der Waals surface area contributed by atoms with E-state index in [9.17, 15) is 0 Å². The lowest BCUT2D eigenvalue weighted by atomic mass is 10.1. The molecule has 0 saturated heterocycles. The van der Waals surface area contributed by atoms with Gasteiger partial charge in [0.2, 0.25) is 0 Å². The van der Waals surface area contributed by atoms with Crippen molar-refractivity contribution < 1.29 is 4.74 Å². The zero-order chi connectivity index (χ0) is 23.4. The van der Waals surface area contributed by atoms with E-state index in [2.05, 4.69) is 52.8 Å². The van der Waals surface area contributed by atoms with Gasteiger partial charge in [-0.05, 0) is 36.2 Å². The van der Waals surface area contributed by atoms with Crippen molar-refractivity contribution in [3.63, 3.8) is 0 Å². The van der Waals surface area contributed by atoms with Crippen molar-refractivity contribution >= 4 is 30.7 Å². The second-order valence-corrected chi connectivity index (χ2v) is 15.1. The van der Waals surface area contributed by atoms with Crippen LogP contribution >= 0.6 is 0 Å². The molecular formula is C25H32N6OSi. The third-order valence-corrected chi connectivity index (χ3v) is 7.15. The molecule has 0 fully saturated rings. The minimum atomic E-state index is -1.15. The van der Waals surface area contributed by atoms with E-state index in [0.29, 0.717) is 24.9 Å². The van der Waals surface area contributed by atoms with Gasteiger partial charge in [0, 0.05) is 39.2 Å². The van der Waals surface area contributed by atoms with Gasteiger partial charge in [0.15, 0.2) is 0 Å². The first-order valence-corrected chi connectivity index (χ1v) is 15.0. The number of aromatic nitrogens is 4. The first-order chi connectivity index (χ1) is 15.8. The summed E-state index contributed by atoms with van der Waals surface area (Å²) < 4.78 is 8.13. The standard InChI is InChI=1S/C25H32N6OSi/c1-18-29-24(28-15-19-8-6-5-7-9-19)23-21(20-10-11-27-22(26)14-20)16-31(25(23)30-18)17-32-12-13-33(2,3)4/h5-11,14,16H,12-13,15,17H2,1-4H3,(H2,26,27)(H,28,29,30). The van der Waals surface area contributed by atoms with Gasteiger partial charge >= 0.3 is 0 Å². The van der Waals surface area contributed by atoms with Crippen molar-refractivity contribution in [2.45, 2.75) is 45.9 Å². The molecule has 1 aromatic carbocycles. The Balaban J connectivity index is 1.73. The van der Waals surface area contributed by atoms with Gasteiger partial charge in [-0.15, -0.1) is 0 Å². The number of rotatable bonds is 9. The number of hydrogen-bond donors (Lipinski definition) is 2. The van der Waals surface area contributed by atoms with Crippen LogP contribution in [0, 0.1) is 6.92 Å². The second-order valence-electron chi connectivity index (χ2n) is 9.49. The van der Waals surface area contributed by atoms with Crippen LogP contribution in [0.5, 0.6) is 0 Å². The van der Waals surface area contributed by atoms with Gasteiger partial charge in [-0.3, -0.25) is 0 Å². The largest absolute Gasteiger partial charge is 0.384 e. The van der Waals surface area contributed by atoms with Gasteiger partial charge < -0.3 is 20.4 Å². The molecule has 0 aliphatic heterocycles. The number of nitrogens with zero attached hydrogens (tertiary/aromatic N) is 4. The summed E-state index contributed by atoms with van der Waals surface area (Å²) in [6.07, 6.45) is 3.81. The summed E-state index contributed by atoms with van der Waals surface area (Å²) in [5, 5.41) is 4.48. The molecule has 3 aromatic heterocycles. The maximum atomic E-state index is 6.07. The van der Waals surface area contributed by atoms with Gasteiger partial charge in [0.05, 0.1) is 5.39 Å². The maximum Gasteiger partial charge on any atom is 0.148 e. The molecule has 0 aliphatic carbocycles. The van der Waals surface area contributed by atoms with Crippen LogP contribution in [0.1, 0.15) is 11.4 Å². The number of aryl methyl sites for hydroxylation is 1. The normalized spacial score (nSPS) is 11.8. The summed E-state index contributed by atoms with van der Waals surface area (Å²) in [5.41, 5.74) is 10.0. The molecule has 0 atom stereocenters. The molecule has 172 valence electrons. The van der Waals surface area contributed by atoms with Crippen LogP contribution in [0.25, 0.3) is 22.2 Å². The molecule has 0 spiro atoms. The predicted octanol–water partition coefficient (Wildman–Crippen LogP) is 5.31. The van der Waals surface area contributed by atoms with Crippen LogP contribution in [0.4, 0.5) is 11.6 Å². The van der Waals surface area contributed by atoms with E-state index in [-0.39, 0.29) is 0 Å². The molecule has 0 radical (unpaired) electrons. The Labute approximate surface area is 196 Å². The Kier molecular flexibility index (Phi) is 6.76. The van der Waals surface area contributed by atoms with E-state index >= 15 is 0 Å². The number of fused-ring (bicyclic) bond motifs is 1. The molecular weight excluding hydrogens is 428 g/mol. The fourth-order valence-electron chi connectivity index (χ4n) is 3.68. The SMILES string of the molecule is Cc1nc(NCc2ccccc2)c2c(-c3ccnc(N)c3)cn(COCC[Si](C)(C)C)c2n1. The Morgan fingerprint density at radius 3 is 2.61 bits per heavy atom. The summed E-state index contributed by atoms with van der Waals surface area (Å²) in [4.78, 5) is 13.7. The van der Waals surface area contributed by atoms with Crippen LogP contribution in [0.3, 0.4) is 0 Å². The number of anilines is 2. The first-order valence-electron chi connectivity index (χ1n) is 11.2. The lowest BCUT2D eigenvalue weighted by Gasteiger charge is -2.15. The van der Waals surface area contributed by atoms with Crippen molar-refractivity contribution in [3.8, 4) is 11.1 Å². The number of benzene rings is 1. The monoisotopic (exact) mass is 460 g/mol. The van der Waals surface area contributed by atoms with Gasteiger partial charge in [-0.1, -0.05) is 50.0 Å². The van der Waals surface area contributed by atoms with Crippen molar-refractivity contribution in [1.82, 2.24) is 19.5 Å². The third kappa shape index (κ3) is 5.77. The van der Waals surface area contributed by atoms with Crippen LogP contribution in [-0.2, 0) is 18.0 Å². The molecule has 3 heterocycles. The summed E-state index contributed by atoms with van der Waals surface area (Å²) in [5.74, 6) is 1.99. The van der Waals surface area contributed by atoms with Crippen LogP contribution in [0.15, 0.2) is 54.9 Å². The fourth-order valence-corrected chi connectivity index (χ4v) is 4.44. The predicted molar refractivity (Wildman–Crippen MR) is 138 cm³/mol. The zero-order valence-corrected chi connectivity index (χ0v) is 20.8. The minimum absolute atomic E-state index is 0.441. The summed E-state index contributed by atoms with van der Waals surface area (Å²) in [6.45, 7) is 10.8. The number of nitrogen functional groups attached to an aromatic ring is 1. The Hall–Kier alpha value is -3.23. The number of nitrogens with one attached hydrogen (secondary N) is 1. The summed E-state index contributed by atoms with van der Waals surface area (Å²) in [7, 11) is -1.15. The smallest absolute Gasteiger partial charge is 0.148 e. The highest BCUT2D eigenvalue weighted by molar-refractivity contribution is 6.76. The Morgan fingerprint density at radius 2 is 1.88 bits per heavy atom. The van der Waals surface area contributed by atoms with E-state index in [1.807, 2.05) is 37.3 Å². The highest BCUT2D eigenvalue weighted by Crippen LogP contribution is 2.35. The average Bonchev–Trinajstić information content (AvgIpc) is 3.13. The summed E-state index contributed by atoms with van der Waals surface area (Å²) in [6, 6.07) is 15.3. The maximum absolute atomic E-state index is 6.07. The zero-order valence-electron chi connectivity index (χ0n) is 19.8. The van der Waals surface area contributed by atoms with Gasteiger partial charge in [0.1, 0.15) is 29.8 Å².